The van der Waals surface area contributed by atoms with Crippen LogP contribution >= 0.6 is 0 Å². The highest BCUT2D eigenvalue weighted by Crippen LogP contribution is 2.30. The van der Waals surface area contributed by atoms with Gasteiger partial charge >= 0.3 is 5.97 Å². The molecule has 1 atom stereocenters. The Bertz CT molecular complexity index is 1080. The van der Waals surface area contributed by atoms with E-state index in [-0.39, 0.29) is 24.6 Å². The second-order valence-electron chi connectivity index (χ2n) is 7.95. The van der Waals surface area contributed by atoms with Crippen molar-refractivity contribution in [2.75, 3.05) is 23.4 Å². The van der Waals surface area contributed by atoms with Gasteiger partial charge in [0, 0.05) is 30.3 Å². The summed E-state index contributed by atoms with van der Waals surface area (Å²) in [5.74, 6) is -2.18. The SMILES string of the molecule is CCc1cccc(CC)c1NC(=O)COC(=O)[C@H]1CC(=O)N(c2ccc(C)c([N+](=O)[O-])c2)C1. The van der Waals surface area contributed by atoms with Crippen molar-refractivity contribution in [3.8, 4) is 0 Å². The molecule has 0 saturated carbocycles. The van der Waals surface area contributed by atoms with Crippen molar-refractivity contribution in [2.45, 2.75) is 40.0 Å². The van der Waals surface area contributed by atoms with Crippen molar-refractivity contribution in [1.29, 1.82) is 0 Å². The Kier molecular flexibility index (Phi) is 7.42. The van der Waals surface area contributed by atoms with E-state index in [9.17, 15) is 24.5 Å². The Labute approximate surface area is 191 Å². The van der Waals surface area contributed by atoms with Crippen molar-refractivity contribution in [3.05, 3.63) is 63.2 Å². The summed E-state index contributed by atoms with van der Waals surface area (Å²) in [6.07, 6.45) is 1.42. The fourth-order valence-corrected chi connectivity index (χ4v) is 3.91. The van der Waals surface area contributed by atoms with E-state index < -0.39 is 29.3 Å². The van der Waals surface area contributed by atoms with E-state index >= 15 is 0 Å². The first kappa shape index (κ1) is 23.9. The molecule has 1 fully saturated rings. The highest BCUT2D eigenvalue weighted by molar-refractivity contribution is 6.00. The first-order valence-electron chi connectivity index (χ1n) is 10.9. The van der Waals surface area contributed by atoms with Crippen LogP contribution in [0, 0.1) is 23.0 Å². The highest BCUT2D eigenvalue weighted by atomic mass is 16.6. The minimum absolute atomic E-state index is 0.0398. The molecule has 3 rings (SSSR count). The van der Waals surface area contributed by atoms with Crippen LogP contribution < -0.4 is 10.2 Å². The number of carbonyl (C=O) groups is 3. The zero-order valence-corrected chi connectivity index (χ0v) is 18.9. The van der Waals surface area contributed by atoms with Gasteiger partial charge in [0.15, 0.2) is 6.61 Å². The summed E-state index contributed by atoms with van der Waals surface area (Å²) in [7, 11) is 0. The maximum atomic E-state index is 12.5. The lowest BCUT2D eigenvalue weighted by Crippen LogP contribution is -2.28. The summed E-state index contributed by atoms with van der Waals surface area (Å²) in [5, 5.41) is 14.0. The Morgan fingerprint density at radius 1 is 1.18 bits per heavy atom. The van der Waals surface area contributed by atoms with E-state index in [0.717, 1.165) is 29.7 Å². The largest absolute Gasteiger partial charge is 0.455 e. The number of ether oxygens (including phenoxy) is 1. The zero-order valence-electron chi connectivity index (χ0n) is 18.9. The molecular weight excluding hydrogens is 426 g/mol. The number of anilines is 2. The second kappa shape index (κ2) is 10.2. The third-order valence-corrected chi connectivity index (χ3v) is 5.77. The number of nitro benzene ring substituents is 1. The summed E-state index contributed by atoms with van der Waals surface area (Å²) >= 11 is 0. The number of hydrogen-bond acceptors (Lipinski definition) is 6. The number of carbonyl (C=O) groups excluding carboxylic acids is 3. The molecular formula is C24H27N3O6. The molecule has 0 spiro atoms. The molecule has 0 aliphatic carbocycles. The number of rotatable bonds is 8. The predicted octanol–water partition coefficient (Wildman–Crippen LogP) is 3.56. The number of esters is 1. The first-order chi connectivity index (χ1) is 15.7. The molecule has 9 nitrogen and oxygen atoms in total. The number of aryl methyl sites for hydroxylation is 3. The standard InChI is InChI=1S/C24H27N3O6/c1-4-16-7-6-8-17(5-2)23(16)25-21(28)14-33-24(30)18-11-22(29)26(13-18)19-10-9-15(3)20(12-19)27(31)32/h6-10,12,18H,4-5,11,13-14H2,1-3H3,(H,25,28)/t18-/m0/s1. The molecule has 1 aliphatic rings. The summed E-state index contributed by atoms with van der Waals surface area (Å²) in [6, 6.07) is 10.3. The highest BCUT2D eigenvalue weighted by Gasteiger charge is 2.37. The monoisotopic (exact) mass is 453 g/mol. The van der Waals surface area contributed by atoms with E-state index in [1.165, 1.54) is 11.0 Å². The van der Waals surface area contributed by atoms with E-state index in [4.69, 9.17) is 4.74 Å². The van der Waals surface area contributed by atoms with Gasteiger partial charge in [-0.3, -0.25) is 24.5 Å². The number of para-hydroxylation sites is 1. The van der Waals surface area contributed by atoms with Crippen molar-refractivity contribution in [1.82, 2.24) is 0 Å². The van der Waals surface area contributed by atoms with Crippen molar-refractivity contribution in [3.63, 3.8) is 0 Å². The molecule has 33 heavy (non-hydrogen) atoms. The van der Waals surface area contributed by atoms with Gasteiger partial charge in [0.2, 0.25) is 5.91 Å². The Balaban J connectivity index is 1.61. The number of nitrogens with zero attached hydrogens (tertiary/aromatic N) is 2. The van der Waals surface area contributed by atoms with Gasteiger partial charge < -0.3 is 15.0 Å². The molecule has 2 aromatic rings. The van der Waals surface area contributed by atoms with Gasteiger partial charge in [-0.05, 0) is 37.0 Å². The Morgan fingerprint density at radius 2 is 1.85 bits per heavy atom. The summed E-state index contributed by atoms with van der Waals surface area (Å²) in [5.41, 5.74) is 3.48. The average molecular weight is 453 g/mol. The quantitative estimate of drug-likeness (QED) is 0.371. The topological polar surface area (TPSA) is 119 Å². The average Bonchev–Trinajstić information content (AvgIpc) is 3.19. The number of amides is 2. The molecule has 0 radical (unpaired) electrons. The molecule has 2 aromatic carbocycles. The van der Waals surface area contributed by atoms with Crippen molar-refractivity contribution >= 4 is 34.8 Å². The lowest BCUT2D eigenvalue weighted by atomic mass is 10.0. The van der Waals surface area contributed by atoms with Crippen LogP contribution in [0.25, 0.3) is 0 Å². The summed E-state index contributed by atoms with van der Waals surface area (Å²) < 4.78 is 5.18. The second-order valence-corrected chi connectivity index (χ2v) is 7.95. The molecule has 0 aromatic heterocycles. The summed E-state index contributed by atoms with van der Waals surface area (Å²) in [6.45, 7) is 5.19. The Hall–Kier alpha value is -3.75. The zero-order chi connectivity index (χ0) is 24.1. The molecule has 1 heterocycles. The smallest absolute Gasteiger partial charge is 0.311 e. The number of hydrogen-bond donors (Lipinski definition) is 1. The molecule has 1 N–H and O–H groups in total. The van der Waals surface area contributed by atoms with Gasteiger partial charge in [0.25, 0.3) is 11.6 Å². The summed E-state index contributed by atoms with van der Waals surface area (Å²) in [4.78, 5) is 49.4. The van der Waals surface area contributed by atoms with E-state index in [0.29, 0.717) is 11.3 Å². The van der Waals surface area contributed by atoms with Crippen LogP contribution in [0.5, 0.6) is 0 Å². The van der Waals surface area contributed by atoms with Crippen LogP contribution in [0.1, 0.15) is 37.0 Å². The molecule has 2 amide bonds. The molecule has 0 bridgehead atoms. The van der Waals surface area contributed by atoms with Crippen LogP contribution in [-0.4, -0.2) is 35.9 Å². The molecule has 174 valence electrons. The minimum Gasteiger partial charge on any atom is -0.455 e. The Morgan fingerprint density at radius 3 is 2.45 bits per heavy atom. The number of benzene rings is 2. The third-order valence-electron chi connectivity index (χ3n) is 5.77. The minimum atomic E-state index is -0.750. The lowest BCUT2D eigenvalue weighted by Gasteiger charge is -2.17. The van der Waals surface area contributed by atoms with Crippen LogP contribution in [0.4, 0.5) is 17.1 Å². The van der Waals surface area contributed by atoms with Crippen molar-refractivity contribution < 1.29 is 24.0 Å². The fraction of sp³-hybridized carbons (Fsp3) is 0.375. The van der Waals surface area contributed by atoms with Gasteiger partial charge in [-0.2, -0.15) is 0 Å². The first-order valence-corrected chi connectivity index (χ1v) is 10.9. The van der Waals surface area contributed by atoms with Gasteiger partial charge in [-0.1, -0.05) is 38.1 Å². The fourth-order valence-electron chi connectivity index (χ4n) is 3.91. The van der Waals surface area contributed by atoms with Gasteiger partial charge in [0.05, 0.1) is 16.5 Å². The van der Waals surface area contributed by atoms with E-state index in [2.05, 4.69) is 5.32 Å². The number of nitro groups is 1. The van der Waals surface area contributed by atoms with Crippen LogP contribution in [0.15, 0.2) is 36.4 Å². The van der Waals surface area contributed by atoms with Gasteiger partial charge in [0.1, 0.15) is 0 Å². The molecule has 1 aliphatic heterocycles. The predicted molar refractivity (Wildman–Crippen MR) is 123 cm³/mol. The number of nitrogens with one attached hydrogen (secondary N) is 1. The van der Waals surface area contributed by atoms with E-state index in [1.807, 2.05) is 32.0 Å². The van der Waals surface area contributed by atoms with Gasteiger partial charge in [-0.25, -0.2) is 0 Å². The lowest BCUT2D eigenvalue weighted by molar-refractivity contribution is -0.385. The molecule has 9 heteroatoms. The van der Waals surface area contributed by atoms with Crippen LogP contribution in [-0.2, 0) is 32.0 Å². The maximum absolute atomic E-state index is 12.5. The molecule has 0 unspecified atom stereocenters. The van der Waals surface area contributed by atoms with Crippen LogP contribution in [0.3, 0.4) is 0 Å². The van der Waals surface area contributed by atoms with Crippen LogP contribution in [0.2, 0.25) is 0 Å². The van der Waals surface area contributed by atoms with Crippen molar-refractivity contribution in [2.24, 2.45) is 5.92 Å². The van der Waals surface area contributed by atoms with E-state index in [1.54, 1.807) is 19.1 Å². The normalized spacial score (nSPS) is 15.4. The molecule has 1 saturated heterocycles. The van der Waals surface area contributed by atoms with Gasteiger partial charge in [-0.15, -0.1) is 0 Å². The maximum Gasteiger partial charge on any atom is 0.311 e. The third kappa shape index (κ3) is 5.36.